The number of amides is 1. The van der Waals surface area contributed by atoms with E-state index in [1.807, 2.05) is 0 Å². The maximum Gasteiger partial charge on any atom is 0.326 e. The second kappa shape index (κ2) is 10.5. The minimum Gasteiger partial charge on any atom is -0.480 e. The molecule has 10 heteroatoms. The van der Waals surface area contributed by atoms with Gasteiger partial charge in [0.05, 0.1) is 0 Å². The number of carbonyl (C=O) groups is 2. The van der Waals surface area contributed by atoms with Crippen LogP contribution in [0, 0.1) is 0 Å². The molecular weight excluding hydrogens is 446 g/mol. The SMILES string of the molecule is O=C(O)[C@H](CCOCCCCc1ccc2c(n1)NCCC2)NC(=O)C1(n2ccc(Cl)n2)CC1. The van der Waals surface area contributed by atoms with Crippen molar-refractivity contribution < 1.29 is 19.4 Å². The van der Waals surface area contributed by atoms with E-state index in [1.165, 1.54) is 10.2 Å². The Morgan fingerprint density at radius 3 is 2.85 bits per heavy atom. The average Bonchev–Trinajstić information content (AvgIpc) is 3.51. The molecule has 3 N–H and O–H groups in total. The van der Waals surface area contributed by atoms with Gasteiger partial charge in [-0.3, -0.25) is 9.48 Å². The highest BCUT2D eigenvalue weighted by Crippen LogP contribution is 2.43. The molecule has 3 heterocycles. The van der Waals surface area contributed by atoms with Gasteiger partial charge in [-0.2, -0.15) is 5.10 Å². The van der Waals surface area contributed by atoms with Crippen LogP contribution in [0.2, 0.25) is 5.15 Å². The van der Waals surface area contributed by atoms with Gasteiger partial charge in [0, 0.05) is 38.1 Å². The predicted octanol–water partition coefficient (Wildman–Crippen LogP) is 2.78. The third-order valence-corrected chi connectivity index (χ3v) is 6.42. The van der Waals surface area contributed by atoms with Gasteiger partial charge in [0.1, 0.15) is 17.4 Å². The number of aromatic nitrogens is 3. The highest BCUT2D eigenvalue weighted by Gasteiger charge is 2.53. The summed E-state index contributed by atoms with van der Waals surface area (Å²) in [4.78, 5) is 29.0. The molecule has 9 nitrogen and oxygen atoms in total. The summed E-state index contributed by atoms with van der Waals surface area (Å²) in [5, 5.41) is 19.9. The van der Waals surface area contributed by atoms with Gasteiger partial charge in [0.2, 0.25) is 5.91 Å². The number of aliphatic carboxylic acids is 1. The van der Waals surface area contributed by atoms with Gasteiger partial charge in [-0.05, 0) is 62.6 Å². The largest absolute Gasteiger partial charge is 0.480 e. The van der Waals surface area contributed by atoms with Crippen LogP contribution in [0.3, 0.4) is 0 Å². The molecule has 0 aromatic carbocycles. The molecule has 178 valence electrons. The second-order valence-corrected chi connectivity index (χ2v) is 9.06. The number of hydrogen-bond acceptors (Lipinski definition) is 6. The molecule has 1 atom stereocenters. The zero-order valence-corrected chi connectivity index (χ0v) is 19.3. The summed E-state index contributed by atoms with van der Waals surface area (Å²) in [6.07, 6.45) is 7.98. The summed E-state index contributed by atoms with van der Waals surface area (Å²) in [5.41, 5.74) is 1.53. The monoisotopic (exact) mass is 475 g/mol. The number of aryl methyl sites for hydroxylation is 2. The van der Waals surface area contributed by atoms with Crippen LogP contribution in [-0.4, -0.2) is 57.5 Å². The highest BCUT2D eigenvalue weighted by molar-refractivity contribution is 6.29. The first-order valence-electron chi connectivity index (χ1n) is 11.5. The number of fused-ring (bicyclic) bond motifs is 1. The summed E-state index contributed by atoms with van der Waals surface area (Å²) >= 11 is 5.86. The number of carboxylic acid groups (broad SMARTS) is 1. The molecule has 0 saturated heterocycles. The second-order valence-electron chi connectivity index (χ2n) is 8.68. The molecular formula is C23H30ClN5O4. The normalized spacial score (nSPS) is 17.0. The molecule has 33 heavy (non-hydrogen) atoms. The topological polar surface area (TPSA) is 118 Å². The molecule has 2 aliphatic rings. The smallest absolute Gasteiger partial charge is 0.326 e. The molecule has 1 saturated carbocycles. The number of hydrogen-bond donors (Lipinski definition) is 3. The Labute approximate surface area is 197 Å². The Morgan fingerprint density at radius 2 is 2.12 bits per heavy atom. The number of nitrogens with one attached hydrogen (secondary N) is 2. The highest BCUT2D eigenvalue weighted by atomic mass is 35.5. The van der Waals surface area contributed by atoms with Crippen LogP contribution < -0.4 is 10.6 Å². The van der Waals surface area contributed by atoms with Crippen LogP contribution in [-0.2, 0) is 32.7 Å². The molecule has 1 aliphatic heterocycles. The number of carboxylic acids is 1. The zero-order valence-electron chi connectivity index (χ0n) is 18.6. The fourth-order valence-electron chi connectivity index (χ4n) is 4.09. The van der Waals surface area contributed by atoms with Crippen molar-refractivity contribution in [3.63, 3.8) is 0 Å². The molecule has 1 fully saturated rings. The van der Waals surface area contributed by atoms with Gasteiger partial charge in [-0.15, -0.1) is 0 Å². The Balaban J connectivity index is 1.15. The molecule has 0 unspecified atom stereocenters. The summed E-state index contributed by atoms with van der Waals surface area (Å²) in [7, 11) is 0. The number of pyridine rings is 1. The molecule has 4 rings (SSSR count). The van der Waals surface area contributed by atoms with E-state index >= 15 is 0 Å². The molecule has 1 aliphatic carbocycles. The molecule has 0 bridgehead atoms. The van der Waals surface area contributed by atoms with Crippen LogP contribution in [0.15, 0.2) is 24.4 Å². The summed E-state index contributed by atoms with van der Waals surface area (Å²) < 4.78 is 7.15. The lowest BCUT2D eigenvalue weighted by atomic mass is 10.1. The Hall–Kier alpha value is -2.65. The zero-order chi connectivity index (χ0) is 23.3. The number of halogens is 1. The van der Waals surface area contributed by atoms with Crippen molar-refractivity contribution in [2.75, 3.05) is 25.1 Å². The Morgan fingerprint density at radius 1 is 1.27 bits per heavy atom. The minimum atomic E-state index is -1.08. The maximum atomic E-state index is 12.7. The van der Waals surface area contributed by atoms with Crippen LogP contribution >= 0.6 is 11.6 Å². The molecule has 0 radical (unpaired) electrons. The fourth-order valence-corrected chi connectivity index (χ4v) is 4.23. The van der Waals surface area contributed by atoms with E-state index in [0.29, 0.717) is 24.6 Å². The van der Waals surface area contributed by atoms with Crippen LogP contribution in [0.25, 0.3) is 0 Å². The number of carbonyl (C=O) groups excluding carboxylic acids is 1. The number of ether oxygens (including phenoxy) is 1. The van der Waals surface area contributed by atoms with Crippen molar-refractivity contribution >= 4 is 29.3 Å². The van der Waals surface area contributed by atoms with Crippen molar-refractivity contribution in [2.45, 2.75) is 62.9 Å². The maximum absolute atomic E-state index is 12.7. The predicted molar refractivity (Wildman–Crippen MR) is 123 cm³/mol. The molecule has 2 aromatic heterocycles. The standard InChI is InChI=1S/C23H30ClN5O4/c24-19-8-13-29(28-19)23(10-11-23)22(32)27-18(21(30)31)9-15-33-14-2-1-5-17-7-6-16-4-3-12-25-20(16)26-17/h6-8,13,18H,1-5,9-12,14-15H2,(H,25,26)(H,27,32)(H,30,31)/t18-/m0/s1. The fraction of sp³-hybridized carbons (Fsp3) is 0.565. The first-order valence-corrected chi connectivity index (χ1v) is 11.9. The Bertz CT molecular complexity index is 991. The first-order chi connectivity index (χ1) is 16.0. The first kappa shape index (κ1) is 23.5. The van der Waals surface area contributed by atoms with Crippen molar-refractivity contribution in [2.24, 2.45) is 0 Å². The van der Waals surface area contributed by atoms with Gasteiger partial charge in [0.25, 0.3) is 0 Å². The van der Waals surface area contributed by atoms with E-state index in [9.17, 15) is 14.7 Å². The number of anilines is 1. The number of unbranched alkanes of at least 4 members (excludes halogenated alkanes) is 1. The third-order valence-electron chi connectivity index (χ3n) is 6.22. The van der Waals surface area contributed by atoms with E-state index in [1.54, 1.807) is 12.3 Å². The molecule has 2 aromatic rings. The van der Waals surface area contributed by atoms with E-state index in [0.717, 1.165) is 50.2 Å². The van der Waals surface area contributed by atoms with Gasteiger partial charge in [-0.25, -0.2) is 9.78 Å². The van der Waals surface area contributed by atoms with Crippen molar-refractivity contribution in [3.05, 3.63) is 40.8 Å². The van der Waals surface area contributed by atoms with E-state index in [2.05, 4.69) is 27.9 Å². The Kier molecular flexibility index (Phi) is 7.49. The quantitative estimate of drug-likeness (QED) is 0.404. The van der Waals surface area contributed by atoms with Crippen LogP contribution in [0.1, 0.15) is 49.8 Å². The van der Waals surface area contributed by atoms with Gasteiger partial charge in [0.15, 0.2) is 5.15 Å². The van der Waals surface area contributed by atoms with Gasteiger partial charge >= 0.3 is 5.97 Å². The number of nitrogens with zero attached hydrogens (tertiary/aromatic N) is 3. The lowest BCUT2D eigenvalue weighted by molar-refractivity contribution is -0.143. The van der Waals surface area contributed by atoms with Crippen LogP contribution in [0.4, 0.5) is 5.82 Å². The molecule has 1 amide bonds. The van der Waals surface area contributed by atoms with E-state index in [-0.39, 0.29) is 18.9 Å². The summed E-state index contributed by atoms with van der Waals surface area (Å²) in [5.74, 6) is -0.407. The minimum absolute atomic E-state index is 0.203. The van der Waals surface area contributed by atoms with E-state index < -0.39 is 17.6 Å². The molecule has 0 spiro atoms. The summed E-state index contributed by atoms with van der Waals surface area (Å²) in [6.45, 7) is 1.78. The average molecular weight is 476 g/mol. The van der Waals surface area contributed by atoms with Gasteiger partial charge in [-0.1, -0.05) is 17.7 Å². The van der Waals surface area contributed by atoms with Gasteiger partial charge < -0.3 is 20.5 Å². The third kappa shape index (κ3) is 5.83. The van der Waals surface area contributed by atoms with E-state index in [4.69, 9.17) is 21.3 Å². The van der Waals surface area contributed by atoms with Crippen molar-refractivity contribution in [3.8, 4) is 0 Å². The van der Waals surface area contributed by atoms with Crippen molar-refractivity contribution in [1.29, 1.82) is 0 Å². The lowest BCUT2D eigenvalue weighted by Crippen LogP contribution is -2.48. The number of rotatable bonds is 12. The lowest BCUT2D eigenvalue weighted by Gasteiger charge is -2.20. The summed E-state index contributed by atoms with van der Waals surface area (Å²) in [6, 6.07) is 4.85. The van der Waals surface area contributed by atoms with Crippen LogP contribution in [0.5, 0.6) is 0 Å². The van der Waals surface area contributed by atoms with Crippen molar-refractivity contribution in [1.82, 2.24) is 20.1 Å².